The summed E-state index contributed by atoms with van der Waals surface area (Å²) in [6.07, 6.45) is 0. The Morgan fingerprint density at radius 3 is 2.00 bits per heavy atom. The smallest absolute Gasteiger partial charge is 0.339 e. The van der Waals surface area contributed by atoms with Gasteiger partial charge in [-0.3, -0.25) is 4.72 Å². The molecule has 0 aliphatic heterocycles. The lowest BCUT2D eigenvalue weighted by atomic mass is 10.3. The molecule has 3 rings (SSSR count). The Balaban J connectivity index is 1.68. The molecule has 3 N–H and O–H groups in total. The molecule has 0 atom stereocenters. The number of rotatable bonds is 8. The van der Waals surface area contributed by atoms with Gasteiger partial charge in [0, 0.05) is 23.1 Å². The zero-order valence-electron chi connectivity index (χ0n) is 17.8. The first kappa shape index (κ1) is 24.1. The van der Waals surface area contributed by atoms with E-state index in [9.17, 15) is 21.6 Å². The highest BCUT2D eigenvalue weighted by Crippen LogP contribution is 2.23. The summed E-state index contributed by atoms with van der Waals surface area (Å²) in [6, 6.07) is 19.4. The highest BCUT2D eigenvalue weighted by molar-refractivity contribution is 7.93. The molecule has 0 aromatic heterocycles. The van der Waals surface area contributed by atoms with Crippen molar-refractivity contribution >= 4 is 43.2 Å². The highest BCUT2D eigenvalue weighted by atomic mass is 32.2. The number of carbonyl (C=O) groups excluding carboxylic acids is 1. The van der Waals surface area contributed by atoms with Crippen LogP contribution in [0.1, 0.15) is 13.8 Å². The van der Waals surface area contributed by atoms with Crippen molar-refractivity contribution in [2.24, 2.45) is 0 Å². The number of amides is 2. The number of benzene rings is 3. The van der Waals surface area contributed by atoms with Gasteiger partial charge >= 0.3 is 16.1 Å². The number of carbonyl (C=O) groups is 1. The van der Waals surface area contributed by atoms with Crippen molar-refractivity contribution in [2.75, 3.05) is 15.4 Å². The molecule has 3 aromatic carbocycles. The standard InChI is InChI=1S/C22H23N3O6S2/c1-16(2)32(27,28)25-18-11-13-21(14-12-18)33(29,30)31-20-10-6-9-19(15-20)24-22(26)23-17-7-4-3-5-8-17/h3-16,25H,1-2H3,(H2,23,24,26). The van der Waals surface area contributed by atoms with Gasteiger partial charge in [0.05, 0.1) is 5.25 Å². The maximum absolute atomic E-state index is 12.6. The summed E-state index contributed by atoms with van der Waals surface area (Å²) in [5.74, 6) is -0.00269. The third kappa shape index (κ3) is 6.70. The molecule has 0 aliphatic rings. The van der Waals surface area contributed by atoms with E-state index in [1.54, 1.807) is 30.3 Å². The van der Waals surface area contributed by atoms with Gasteiger partial charge in [-0.1, -0.05) is 24.3 Å². The Bertz CT molecular complexity index is 1320. The SMILES string of the molecule is CC(C)S(=O)(=O)Nc1ccc(S(=O)(=O)Oc2cccc(NC(=O)Nc3ccccc3)c2)cc1. The monoisotopic (exact) mass is 489 g/mol. The van der Waals surface area contributed by atoms with Crippen LogP contribution in [0.15, 0.2) is 83.8 Å². The van der Waals surface area contributed by atoms with Crippen LogP contribution in [0, 0.1) is 0 Å². The van der Waals surface area contributed by atoms with Crippen molar-refractivity contribution in [3.05, 3.63) is 78.9 Å². The third-order valence-corrected chi connectivity index (χ3v) is 7.38. The Morgan fingerprint density at radius 2 is 1.36 bits per heavy atom. The number of hydrogen-bond acceptors (Lipinski definition) is 6. The predicted octanol–water partition coefficient (Wildman–Crippen LogP) is 4.25. The van der Waals surface area contributed by atoms with Gasteiger partial charge in [-0.15, -0.1) is 0 Å². The molecule has 0 bridgehead atoms. The number of urea groups is 1. The van der Waals surface area contributed by atoms with Crippen LogP contribution in [-0.4, -0.2) is 28.1 Å². The minimum Gasteiger partial charge on any atom is -0.379 e. The first-order chi connectivity index (χ1) is 15.5. The van der Waals surface area contributed by atoms with E-state index in [0.717, 1.165) is 0 Å². The van der Waals surface area contributed by atoms with Gasteiger partial charge in [-0.2, -0.15) is 8.42 Å². The van der Waals surface area contributed by atoms with Crippen molar-refractivity contribution in [1.29, 1.82) is 0 Å². The van der Waals surface area contributed by atoms with Crippen molar-refractivity contribution in [3.63, 3.8) is 0 Å². The molecular weight excluding hydrogens is 466 g/mol. The van der Waals surface area contributed by atoms with E-state index in [2.05, 4.69) is 15.4 Å². The number of hydrogen-bond donors (Lipinski definition) is 3. The Morgan fingerprint density at radius 1 is 0.758 bits per heavy atom. The molecule has 9 nitrogen and oxygen atoms in total. The number of nitrogens with one attached hydrogen (secondary N) is 3. The summed E-state index contributed by atoms with van der Waals surface area (Å²) < 4.78 is 56.7. The maximum atomic E-state index is 12.6. The normalized spacial score (nSPS) is 11.6. The Labute approximate surface area is 193 Å². The van der Waals surface area contributed by atoms with Crippen molar-refractivity contribution in [2.45, 2.75) is 24.0 Å². The molecule has 0 aliphatic carbocycles. The molecule has 0 spiro atoms. The van der Waals surface area contributed by atoms with Crippen LogP contribution in [0.3, 0.4) is 0 Å². The van der Waals surface area contributed by atoms with Gasteiger partial charge in [0.25, 0.3) is 0 Å². The summed E-state index contributed by atoms with van der Waals surface area (Å²) in [5.41, 5.74) is 1.16. The fourth-order valence-corrected chi connectivity index (χ4v) is 4.21. The third-order valence-electron chi connectivity index (χ3n) is 4.35. The quantitative estimate of drug-likeness (QED) is 0.406. The van der Waals surface area contributed by atoms with Gasteiger partial charge in [0.15, 0.2) is 0 Å². The number of sulfonamides is 1. The molecule has 3 aromatic rings. The van der Waals surface area contributed by atoms with E-state index >= 15 is 0 Å². The van der Waals surface area contributed by atoms with Crippen molar-refractivity contribution in [1.82, 2.24) is 0 Å². The molecule has 0 heterocycles. The minimum atomic E-state index is -4.19. The van der Waals surface area contributed by atoms with E-state index in [0.29, 0.717) is 11.4 Å². The maximum Gasteiger partial charge on any atom is 0.339 e. The first-order valence-corrected chi connectivity index (χ1v) is 12.8. The van der Waals surface area contributed by atoms with Crippen LogP contribution in [0.25, 0.3) is 0 Å². The second-order valence-electron chi connectivity index (χ2n) is 7.23. The van der Waals surface area contributed by atoms with E-state index in [1.807, 2.05) is 6.07 Å². The van der Waals surface area contributed by atoms with Crippen LogP contribution < -0.4 is 19.5 Å². The zero-order chi connectivity index (χ0) is 24.1. The average molecular weight is 490 g/mol. The molecule has 0 fully saturated rings. The predicted molar refractivity (Wildman–Crippen MR) is 127 cm³/mol. The highest BCUT2D eigenvalue weighted by Gasteiger charge is 2.19. The molecule has 0 radical (unpaired) electrons. The van der Waals surface area contributed by atoms with Gasteiger partial charge in [-0.05, 0) is 62.4 Å². The van der Waals surface area contributed by atoms with E-state index in [4.69, 9.17) is 4.18 Å². The summed E-state index contributed by atoms with van der Waals surface area (Å²) in [5, 5.41) is 4.62. The topological polar surface area (TPSA) is 131 Å². The lowest BCUT2D eigenvalue weighted by Crippen LogP contribution is -2.22. The van der Waals surface area contributed by atoms with Crippen LogP contribution in [0.2, 0.25) is 0 Å². The molecule has 0 saturated carbocycles. The summed E-state index contributed by atoms with van der Waals surface area (Å²) in [7, 11) is -7.74. The van der Waals surface area contributed by atoms with E-state index in [1.165, 1.54) is 56.3 Å². The fraction of sp³-hybridized carbons (Fsp3) is 0.136. The lowest BCUT2D eigenvalue weighted by molar-refractivity contribution is 0.262. The molecule has 0 saturated heterocycles. The van der Waals surface area contributed by atoms with Gasteiger partial charge in [-0.25, -0.2) is 13.2 Å². The van der Waals surface area contributed by atoms with Crippen LogP contribution >= 0.6 is 0 Å². The van der Waals surface area contributed by atoms with E-state index in [-0.39, 0.29) is 16.3 Å². The molecule has 0 unspecified atom stereocenters. The van der Waals surface area contributed by atoms with E-state index < -0.39 is 31.4 Å². The number of para-hydroxylation sites is 1. The van der Waals surface area contributed by atoms with Crippen LogP contribution in [0.5, 0.6) is 5.75 Å². The Hall–Kier alpha value is -3.57. The molecular formula is C22H23N3O6S2. The zero-order valence-corrected chi connectivity index (χ0v) is 19.5. The largest absolute Gasteiger partial charge is 0.379 e. The van der Waals surface area contributed by atoms with Crippen molar-refractivity contribution in [3.8, 4) is 5.75 Å². The fourth-order valence-electron chi connectivity index (χ4n) is 2.59. The van der Waals surface area contributed by atoms with Gasteiger partial charge in [0.2, 0.25) is 10.0 Å². The van der Waals surface area contributed by atoms with Crippen LogP contribution in [-0.2, 0) is 20.1 Å². The molecule has 2 amide bonds. The van der Waals surface area contributed by atoms with Gasteiger partial charge < -0.3 is 14.8 Å². The minimum absolute atomic E-state index is 0.00269. The number of anilines is 3. The van der Waals surface area contributed by atoms with Crippen molar-refractivity contribution < 1.29 is 25.8 Å². The molecule has 174 valence electrons. The summed E-state index contributed by atoms with van der Waals surface area (Å²) >= 11 is 0. The van der Waals surface area contributed by atoms with Gasteiger partial charge in [0.1, 0.15) is 10.6 Å². The summed E-state index contributed by atoms with van der Waals surface area (Å²) in [6.45, 7) is 3.06. The van der Waals surface area contributed by atoms with Crippen LogP contribution in [0.4, 0.5) is 21.9 Å². The Kier molecular flexibility index (Phi) is 7.24. The second-order valence-corrected chi connectivity index (χ2v) is 11.0. The molecule has 33 heavy (non-hydrogen) atoms. The first-order valence-electron chi connectivity index (χ1n) is 9.84. The summed E-state index contributed by atoms with van der Waals surface area (Å²) in [4.78, 5) is 12.0. The second kappa shape index (κ2) is 9.92. The molecule has 11 heteroatoms. The lowest BCUT2D eigenvalue weighted by Gasteiger charge is -2.12. The average Bonchev–Trinajstić information content (AvgIpc) is 2.74.